The van der Waals surface area contributed by atoms with Gasteiger partial charge in [0.05, 0.1) is 5.92 Å². The van der Waals surface area contributed by atoms with Crippen LogP contribution in [0.4, 0.5) is 0 Å². The molecule has 3 aliphatic rings. The first-order chi connectivity index (χ1) is 12.4. The largest absolute Gasteiger partial charge is 0.504 e. The molecule has 0 spiro atoms. The van der Waals surface area contributed by atoms with Crippen LogP contribution in [0.5, 0.6) is 0 Å². The maximum Gasteiger partial charge on any atom is 0.302 e. The number of Topliss-reactive ketones (excluding diaryl/α,β-unsaturated/α-hetero) is 2. The van der Waals surface area contributed by atoms with E-state index in [2.05, 4.69) is 20.8 Å². The highest BCUT2D eigenvalue weighted by atomic mass is 16.5. The fourth-order valence-electron chi connectivity index (χ4n) is 6.38. The first-order valence-electron chi connectivity index (χ1n) is 10.1. The van der Waals surface area contributed by atoms with Crippen LogP contribution in [-0.2, 0) is 19.1 Å². The molecule has 0 bridgehead atoms. The Bertz CT molecular complexity index is 716. The van der Waals surface area contributed by atoms with E-state index in [1.807, 2.05) is 0 Å². The SMILES string of the molecule is CC(=O)O[C@@H]1C[C@H]2C(C)(C)CCC[C@]2(C)[C@@H]2C(=O)C(O)=C(C(C)C)C(=O)[C@@H]21. The van der Waals surface area contributed by atoms with Crippen molar-refractivity contribution >= 4 is 17.5 Å². The summed E-state index contributed by atoms with van der Waals surface area (Å²) in [6.45, 7) is 11.4. The molecule has 2 saturated carbocycles. The first kappa shape index (κ1) is 20.1. The number of hydrogen-bond acceptors (Lipinski definition) is 5. The van der Waals surface area contributed by atoms with E-state index >= 15 is 0 Å². The molecule has 5 atom stereocenters. The lowest BCUT2D eigenvalue weighted by Crippen LogP contribution is -2.62. The Balaban J connectivity index is 2.18. The average Bonchev–Trinajstić information content (AvgIpc) is 2.52. The van der Waals surface area contributed by atoms with Crippen molar-refractivity contribution < 1.29 is 24.2 Å². The van der Waals surface area contributed by atoms with Crippen LogP contribution in [0.15, 0.2) is 11.3 Å². The molecule has 27 heavy (non-hydrogen) atoms. The van der Waals surface area contributed by atoms with Crippen molar-refractivity contribution in [3.05, 3.63) is 11.3 Å². The van der Waals surface area contributed by atoms with Crippen molar-refractivity contribution in [2.24, 2.45) is 34.5 Å². The van der Waals surface area contributed by atoms with Crippen molar-refractivity contribution in [3.63, 3.8) is 0 Å². The molecule has 5 heteroatoms. The quantitative estimate of drug-likeness (QED) is 0.737. The van der Waals surface area contributed by atoms with E-state index in [4.69, 9.17) is 4.74 Å². The van der Waals surface area contributed by atoms with E-state index in [9.17, 15) is 19.5 Å². The van der Waals surface area contributed by atoms with Gasteiger partial charge < -0.3 is 9.84 Å². The summed E-state index contributed by atoms with van der Waals surface area (Å²) in [6.07, 6.45) is 2.86. The van der Waals surface area contributed by atoms with E-state index in [0.29, 0.717) is 6.42 Å². The molecule has 150 valence electrons. The topological polar surface area (TPSA) is 80.7 Å². The van der Waals surface area contributed by atoms with Gasteiger partial charge in [0.1, 0.15) is 6.10 Å². The average molecular weight is 376 g/mol. The van der Waals surface area contributed by atoms with Gasteiger partial charge in [-0.15, -0.1) is 0 Å². The molecule has 0 amide bonds. The normalized spacial score (nSPS) is 38.5. The molecular formula is C22H32O5. The van der Waals surface area contributed by atoms with E-state index < -0.39 is 23.9 Å². The number of carbonyl (C=O) groups is 3. The Morgan fingerprint density at radius 3 is 2.33 bits per heavy atom. The Labute approximate surface area is 161 Å². The third-order valence-electron chi connectivity index (χ3n) is 7.45. The van der Waals surface area contributed by atoms with Crippen LogP contribution in [-0.4, -0.2) is 28.7 Å². The van der Waals surface area contributed by atoms with Gasteiger partial charge in [-0.25, -0.2) is 0 Å². The van der Waals surface area contributed by atoms with Crippen LogP contribution in [0.1, 0.15) is 67.2 Å². The molecule has 0 saturated heterocycles. The van der Waals surface area contributed by atoms with Crippen LogP contribution in [0.2, 0.25) is 0 Å². The molecule has 1 N–H and O–H groups in total. The number of allylic oxidation sites excluding steroid dienone is 2. The Morgan fingerprint density at radius 1 is 1.15 bits per heavy atom. The van der Waals surface area contributed by atoms with Crippen LogP contribution >= 0.6 is 0 Å². The van der Waals surface area contributed by atoms with Gasteiger partial charge in [-0.2, -0.15) is 0 Å². The number of rotatable bonds is 2. The van der Waals surface area contributed by atoms with Crippen LogP contribution in [0, 0.1) is 34.5 Å². The summed E-state index contributed by atoms with van der Waals surface area (Å²) in [7, 11) is 0. The number of esters is 1. The zero-order valence-corrected chi connectivity index (χ0v) is 17.3. The van der Waals surface area contributed by atoms with Crippen LogP contribution < -0.4 is 0 Å². The highest BCUT2D eigenvalue weighted by Gasteiger charge is 2.64. The number of hydrogen-bond donors (Lipinski definition) is 1. The highest BCUT2D eigenvalue weighted by molar-refractivity contribution is 6.13. The van der Waals surface area contributed by atoms with Crippen LogP contribution in [0.25, 0.3) is 0 Å². The predicted octanol–water partition coefficient (Wildman–Crippen LogP) is 4.01. The number of fused-ring (bicyclic) bond motifs is 3. The van der Waals surface area contributed by atoms with Crippen molar-refractivity contribution in [1.29, 1.82) is 0 Å². The summed E-state index contributed by atoms with van der Waals surface area (Å²) in [5.41, 5.74) is -0.209. The Morgan fingerprint density at radius 2 is 1.78 bits per heavy atom. The second-order valence-electron chi connectivity index (χ2n) is 9.93. The maximum absolute atomic E-state index is 13.4. The molecule has 0 aromatic rings. The predicted molar refractivity (Wildman–Crippen MR) is 101 cm³/mol. The lowest BCUT2D eigenvalue weighted by atomic mass is 9.43. The molecule has 0 unspecified atom stereocenters. The molecule has 0 radical (unpaired) electrons. The Kier molecular flexibility index (Phi) is 4.80. The summed E-state index contributed by atoms with van der Waals surface area (Å²) < 4.78 is 5.61. The fourth-order valence-corrected chi connectivity index (χ4v) is 6.38. The van der Waals surface area contributed by atoms with Gasteiger partial charge >= 0.3 is 5.97 Å². The standard InChI is InChI=1S/C22H32O5/c1-11(2)15-18(24)16-13(27-12(3)23)10-14-21(4,5)8-7-9-22(14,6)17(16)20(26)19(15)25/h11,13-14,16-17,25H,7-10H2,1-6H3/t13-,14+,16-,17+,22+/m1/s1. The van der Waals surface area contributed by atoms with E-state index in [1.165, 1.54) is 6.92 Å². The zero-order valence-electron chi connectivity index (χ0n) is 17.3. The minimum absolute atomic E-state index is 0.0165. The molecule has 0 aliphatic heterocycles. The number of ketones is 2. The summed E-state index contributed by atoms with van der Waals surface area (Å²) in [4.78, 5) is 38.5. The number of carbonyl (C=O) groups excluding carboxylic acids is 3. The molecule has 0 aromatic heterocycles. The molecule has 0 heterocycles. The number of aliphatic hydroxyl groups excluding tert-OH is 1. The molecule has 2 fully saturated rings. The van der Waals surface area contributed by atoms with Crippen molar-refractivity contribution in [1.82, 2.24) is 0 Å². The fraction of sp³-hybridized carbons (Fsp3) is 0.773. The molecular weight excluding hydrogens is 344 g/mol. The third-order valence-corrected chi connectivity index (χ3v) is 7.45. The molecule has 5 nitrogen and oxygen atoms in total. The minimum atomic E-state index is -0.690. The van der Waals surface area contributed by atoms with Gasteiger partial charge in [0.15, 0.2) is 11.5 Å². The van der Waals surface area contributed by atoms with Gasteiger partial charge in [0, 0.05) is 18.4 Å². The van der Waals surface area contributed by atoms with Crippen LogP contribution in [0.3, 0.4) is 0 Å². The summed E-state index contributed by atoms with van der Waals surface area (Å²) in [6, 6.07) is 0. The summed E-state index contributed by atoms with van der Waals surface area (Å²) in [5, 5.41) is 10.6. The van der Waals surface area contributed by atoms with Gasteiger partial charge in [-0.05, 0) is 41.9 Å². The molecule has 3 rings (SSSR count). The highest BCUT2D eigenvalue weighted by Crippen LogP contribution is 2.63. The maximum atomic E-state index is 13.4. The second-order valence-corrected chi connectivity index (χ2v) is 9.93. The van der Waals surface area contributed by atoms with Gasteiger partial charge in [-0.1, -0.05) is 41.0 Å². The lowest BCUT2D eigenvalue weighted by Gasteiger charge is -2.60. The summed E-state index contributed by atoms with van der Waals surface area (Å²) >= 11 is 0. The lowest BCUT2D eigenvalue weighted by molar-refractivity contribution is -0.184. The van der Waals surface area contributed by atoms with Gasteiger partial charge in [0.2, 0.25) is 5.78 Å². The van der Waals surface area contributed by atoms with E-state index in [-0.39, 0.29) is 45.6 Å². The minimum Gasteiger partial charge on any atom is -0.504 e. The first-order valence-corrected chi connectivity index (χ1v) is 10.1. The van der Waals surface area contributed by atoms with Crippen molar-refractivity contribution in [2.45, 2.75) is 73.3 Å². The van der Waals surface area contributed by atoms with Gasteiger partial charge in [-0.3, -0.25) is 14.4 Å². The third kappa shape index (κ3) is 2.94. The number of aliphatic hydroxyl groups is 1. The van der Waals surface area contributed by atoms with Crippen molar-refractivity contribution in [2.75, 3.05) is 0 Å². The monoisotopic (exact) mass is 376 g/mol. The number of ether oxygens (including phenoxy) is 1. The van der Waals surface area contributed by atoms with Crippen molar-refractivity contribution in [3.8, 4) is 0 Å². The van der Waals surface area contributed by atoms with E-state index in [1.54, 1.807) is 13.8 Å². The van der Waals surface area contributed by atoms with Gasteiger partial charge in [0.25, 0.3) is 0 Å². The second kappa shape index (κ2) is 6.46. The zero-order chi connectivity index (χ0) is 20.3. The molecule has 3 aliphatic carbocycles. The smallest absolute Gasteiger partial charge is 0.302 e. The van der Waals surface area contributed by atoms with E-state index in [0.717, 1.165) is 19.3 Å². The Hall–Kier alpha value is -1.65. The molecule has 0 aromatic carbocycles. The summed E-state index contributed by atoms with van der Waals surface area (Å²) in [5.74, 6) is -2.79.